The summed E-state index contributed by atoms with van der Waals surface area (Å²) in [6.45, 7) is 6.57. The number of rotatable bonds is 3. The van der Waals surface area contributed by atoms with E-state index in [0.717, 1.165) is 12.3 Å². The van der Waals surface area contributed by atoms with Crippen LogP contribution in [0.4, 0.5) is 4.39 Å². The van der Waals surface area contributed by atoms with Gasteiger partial charge in [0.05, 0.1) is 5.02 Å². The minimum absolute atomic E-state index is 0.0495. The van der Waals surface area contributed by atoms with E-state index >= 15 is 0 Å². The van der Waals surface area contributed by atoms with Crippen molar-refractivity contribution < 1.29 is 4.39 Å². The summed E-state index contributed by atoms with van der Waals surface area (Å²) in [5.41, 5.74) is 0.666. The minimum Gasteiger partial charge on any atom is -0.307 e. The van der Waals surface area contributed by atoms with Crippen LogP contribution >= 0.6 is 23.2 Å². The van der Waals surface area contributed by atoms with Crippen LogP contribution in [0.25, 0.3) is 0 Å². The molecular formula is C16H22Cl2FN. The SMILES string of the molecule is CC1CCC(NC(C)c2c(Cl)ccc(F)c2Cl)C(C)C1. The summed E-state index contributed by atoms with van der Waals surface area (Å²) in [5, 5.41) is 4.23. The van der Waals surface area contributed by atoms with Crippen LogP contribution in [0.2, 0.25) is 10.0 Å². The van der Waals surface area contributed by atoms with E-state index in [1.54, 1.807) is 6.07 Å². The van der Waals surface area contributed by atoms with Gasteiger partial charge in [0.2, 0.25) is 0 Å². The topological polar surface area (TPSA) is 12.0 Å². The predicted octanol–water partition coefficient (Wildman–Crippen LogP) is 5.61. The highest BCUT2D eigenvalue weighted by Gasteiger charge is 2.27. The van der Waals surface area contributed by atoms with Crippen LogP contribution in [0.15, 0.2) is 12.1 Å². The molecule has 0 heterocycles. The van der Waals surface area contributed by atoms with Gasteiger partial charge in [-0.3, -0.25) is 0 Å². The lowest BCUT2D eigenvalue weighted by molar-refractivity contribution is 0.216. The first-order valence-electron chi connectivity index (χ1n) is 7.29. The molecule has 0 saturated heterocycles. The fourth-order valence-electron chi connectivity index (χ4n) is 3.26. The van der Waals surface area contributed by atoms with Gasteiger partial charge >= 0.3 is 0 Å². The quantitative estimate of drug-likeness (QED) is 0.715. The van der Waals surface area contributed by atoms with E-state index in [9.17, 15) is 4.39 Å². The highest BCUT2D eigenvalue weighted by Crippen LogP contribution is 2.35. The van der Waals surface area contributed by atoms with E-state index in [1.165, 1.54) is 18.9 Å². The highest BCUT2D eigenvalue weighted by atomic mass is 35.5. The zero-order valence-corrected chi connectivity index (χ0v) is 13.7. The molecule has 1 aromatic carbocycles. The number of halogens is 3. The molecule has 4 atom stereocenters. The van der Waals surface area contributed by atoms with E-state index in [2.05, 4.69) is 19.2 Å². The average Bonchev–Trinajstić information content (AvgIpc) is 2.38. The molecule has 0 aromatic heterocycles. The molecular weight excluding hydrogens is 296 g/mol. The highest BCUT2D eigenvalue weighted by molar-refractivity contribution is 6.36. The number of hydrogen-bond donors (Lipinski definition) is 1. The van der Waals surface area contributed by atoms with Crippen molar-refractivity contribution in [2.45, 2.75) is 52.1 Å². The van der Waals surface area contributed by atoms with Crippen LogP contribution in [0.3, 0.4) is 0 Å². The Morgan fingerprint density at radius 3 is 2.60 bits per heavy atom. The van der Waals surface area contributed by atoms with Crippen molar-refractivity contribution in [3.63, 3.8) is 0 Å². The zero-order valence-electron chi connectivity index (χ0n) is 12.2. The first-order chi connectivity index (χ1) is 9.40. The van der Waals surface area contributed by atoms with E-state index < -0.39 is 5.82 Å². The van der Waals surface area contributed by atoms with E-state index in [1.807, 2.05) is 6.92 Å². The van der Waals surface area contributed by atoms with Gasteiger partial charge in [-0.25, -0.2) is 4.39 Å². The predicted molar refractivity (Wildman–Crippen MR) is 83.9 cm³/mol. The molecule has 20 heavy (non-hydrogen) atoms. The standard InChI is InChI=1S/C16H22Cl2FN/c1-9-4-7-14(10(2)8-9)20-11(3)15-12(17)5-6-13(19)16(15)18/h5-6,9-11,14,20H,4,7-8H2,1-3H3. The number of nitrogens with one attached hydrogen (secondary N) is 1. The molecule has 1 nitrogen and oxygen atoms in total. The Hall–Kier alpha value is -0.310. The summed E-state index contributed by atoms with van der Waals surface area (Å²) in [6.07, 6.45) is 3.62. The van der Waals surface area contributed by atoms with Crippen molar-refractivity contribution in [1.82, 2.24) is 5.32 Å². The van der Waals surface area contributed by atoms with Gasteiger partial charge in [-0.05, 0) is 50.2 Å². The third-order valence-electron chi connectivity index (χ3n) is 4.41. The Bertz CT molecular complexity index is 478. The second-order valence-electron chi connectivity index (χ2n) is 6.15. The van der Waals surface area contributed by atoms with Gasteiger partial charge in [0.25, 0.3) is 0 Å². The van der Waals surface area contributed by atoms with Crippen molar-refractivity contribution in [3.05, 3.63) is 33.6 Å². The summed E-state index contributed by atoms with van der Waals surface area (Å²) in [6, 6.07) is 3.28. The van der Waals surface area contributed by atoms with Gasteiger partial charge in [0.1, 0.15) is 5.82 Å². The van der Waals surface area contributed by atoms with Crippen LogP contribution in [0.5, 0.6) is 0 Å². The Morgan fingerprint density at radius 1 is 1.25 bits per heavy atom. The van der Waals surface area contributed by atoms with Crippen LogP contribution in [0.1, 0.15) is 51.6 Å². The van der Waals surface area contributed by atoms with Gasteiger partial charge in [0, 0.05) is 22.7 Å². The van der Waals surface area contributed by atoms with Gasteiger partial charge in [-0.2, -0.15) is 0 Å². The molecule has 0 spiro atoms. The second kappa shape index (κ2) is 6.64. The molecule has 1 aliphatic carbocycles. The van der Waals surface area contributed by atoms with E-state index in [-0.39, 0.29) is 11.1 Å². The van der Waals surface area contributed by atoms with Gasteiger partial charge in [0.15, 0.2) is 0 Å². The summed E-state index contributed by atoms with van der Waals surface area (Å²) < 4.78 is 13.6. The van der Waals surface area contributed by atoms with Crippen molar-refractivity contribution >= 4 is 23.2 Å². The molecule has 1 N–H and O–H groups in total. The Balaban J connectivity index is 2.12. The van der Waals surface area contributed by atoms with Crippen LogP contribution < -0.4 is 5.32 Å². The third-order valence-corrected chi connectivity index (χ3v) is 5.12. The Kier molecular flexibility index (Phi) is 5.33. The van der Waals surface area contributed by atoms with Crippen LogP contribution in [-0.4, -0.2) is 6.04 Å². The largest absolute Gasteiger partial charge is 0.307 e. The van der Waals surface area contributed by atoms with Crippen molar-refractivity contribution in [2.75, 3.05) is 0 Å². The lowest BCUT2D eigenvalue weighted by atomic mass is 9.79. The Labute approximate surface area is 130 Å². The fourth-order valence-corrected chi connectivity index (χ4v) is 3.96. The first kappa shape index (κ1) is 16.1. The average molecular weight is 318 g/mol. The summed E-state index contributed by atoms with van der Waals surface area (Å²) >= 11 is 12.3. The molecule has 1 aromatic rings. The van der Waals surface area contributed by atoms with Gasteiger partial charge < -0.3 is 5.32 Å². The smallest absolute Gasteiger partial charge is 0.142 e. The molecule has 112 valence electrons. The normalized spacial score (nSPS) is 28.4. The molecule has 0 amide bonds. The van der Waals surface area contributed by atoms with E-state index in [0.29, 0.717) is 22.5 Å². The molecule has 4 heteroatoms. The van der Waals surface area contributed by atoms with Crippen molar-refractivity contribution in [2.24, 2.45) is 11.8 Å². The molecule has 0 aliphatic heterocycles. The van der Waals surface area contributed by atoms with Crippen LogP contribution in [-0.2, 0) is 0 Å². The first-order valence-corrected chi connectivity index (χ1v) is 8.05. The maximum absolute atomic E-state index is 13.6. The number of hydrogen-bond acceptors (Lipinski definition) is 1. The van der Waals surface area contributed by atoms with Crippen molar-refractivity contribution in [1.29, 1.82) is 0 Å². The summed E-state index contributed by atoms with van der Waals surface area (Å²) in [4.78, 5) is 0. The van der Waals surface area contributed by atoms with Gasteiger partial charge in [-0.15, -0.1) is 0 Å². The van der Waals surface area contributed by atoms with Crippen LogP contribution in [0, 0.1) is 17.7 Å². The monoisotopic (exact) mass is 317 g/mol. The molecule has 1 saturated carbocycles. The summed E-state index contributed by atoms with van der Waals surface area (Å²) in [5.74, 6) is 0.997. The molecule has 1 fully saturated rings. The summed E-state index contributed by atoms with van der Waals surface area (Å²) in [7, 11) is 0. The maximum Gasteiger partial charge on any atom is 0.142 e. The van der Waals surface area contributed by atoms with Gasteiger partial charge in [-0.1, -0.05) is 37.0 Å². The number of benzene rings is 1. The lowest BCUT2D eigenvalue weighted by Crippen LogP contribution is -2.40. The molecule has 1 aliphatic rings. The zero-order chi connectivity index (χ0) is 14.9. The molecule has 2 rings (SSSR count). The lowest BCUT2D eigenvalue weighted by Gasteiger charge is -2.35. The maximum atomic E-state index is 13.6. The second-order valence-corrected chi connectivity index (χ2v) is 6.93. The fraction of sp³-hybridized carbons (Fsp3) is 0.625. The molecule has 0 bridgehead atoms. The third kappa shape index (κ3) is 3.47. The Morgan fingerprint density at radius 2 is 1.95 bits per heavy atom. The van der Waals surface area contributed by atoms with Crippen molar-refractivity contribution in [3.8, 4) is 0 Å². The van der Waals surface area contributed by atoms with E-state index in [4.69, 9.17) is 23.2 Å². The molecule has 0 radical (unpaired) electrons. The molecule has 4 unspecified atom stereocenters. The minimum atomic E-state index is -0.412.